The molecule has 0 aliphatic heterocycles. The van der Waals surface area contributed by atoms with Gasteiger partial charge in [-0.2, -0.15) is 0 Å². The SMILES string of the molecule is C/C(=C\C(=O)C(C)O)N(C)C. The lowest BCUT2D eigenvalue weighted by Gasteiger charge is -2.12. The first-order chi connectivity index (χ1) is 4.95. The normalized spacial score (nSPS) is 14.5. The van der Waals surface area contributed by atoms with Gasteiger partial charge in [0.05, 0.1) is 0 Å². The molecule has 0 aromatic carbocycles. The van der Waals surface area contributed by atoms with E-state index in [1.165, 1.54) is 13.0 Å². The van der Waals surface area contributed by atoms with Crippen molar-refractivity contribution in [3.05, 3.63) is 11.8 Å². The first-order valence-electron chi connectivity index (χ1n) is 3.52. The Morgan fingerprint density at radius 1 is 1.55 bits per heavy atom. The molecule has 0 rings (SSSR count). The van der Waals surface area contributed by atoms with Crippen molar-refractivity contribution >= 4 is 5.78 Å². The van der Waals surface area contributed by atoms with E-state index in [-0.39, 0.29) is 5.78 Å². The van der Waals surface area contributed by atoms with Crippen molar-refractivity contribution in [3.63, 3.8) is 0 Å². The van der Waals surface area contributed by atoms with E-state index in [0.29, 0.717) is 0 Å². The zero-order chi connectivity index (χ0) is 9.02. The van der Waals surface area contributed by atoms with Gasteiger partial charge in [0.1, 0.15) is 6.10 Å². The van der Waals surface area contributed by atoms with Crippen LogP contribution in [0.15, 0.2) is 11.8 Å². The third kappa shape index (κ3) is 3.78. The van der Waals surface area contributed by atoms with Crippen LogP contribution in [0.2, 0.25) is 0 Å². The molecule has 64 valence electrons. The van der Waals surface area contributed by atoms with Crippen molar-refractivity contribution in [1.82, 2.24) is 4.90 Å². The molecule has 1 N–H and O–H groups in total. The molecule has 11 heavy (non-hydrogen) atoms. The number of allylic oxidation sites excluding steroid dienone is 1. The highest BCUT2D eigenvalue weighted by Crippen LogP contribution is 1.97. The van der Waals surface area contributed by atoms with E-state index in [0.717, 1.165) is 5.70 Å². The van der Waals surface area contributed by atoms with Crippen molar-refractivity contribution in [2.75, 3.05) is 14.1 Å². The average molecular weight is 157 g/mol. The maximum absolute atomic E-state index is 10.9. The largest absolute Gasteiger partial charge is 0.385 e. The fraction of sp³-hybridized carbons (Fsp3) is 0.625. The van der Waals surface area contributed by atoms with E-state index < -0.39 is 6.10 Å². The van der Waals surface area contributed by atoms with Gasteiger partial charge in [-0.3, -0.25) is 4.79 Å². The molecule has 0 amide bonds. The molecule has 1 atom stereocenters. The predicted octanol–water partition coefficient (Wildman–Crippen LogP) is 0.402. The second-order valence-corrected chi connectivity index (χ2v) is 2.76. The van der Waals surface area contributed by atoms with Crippen LogP contribution in [0.1, 0.15) is 13.8 Å². The number of aliphatic hydroxyl groups is 1. The van der Waals surface area contributed by atoms with Crippen molar-refractivity contribution in [2.24, 2.45) is 0 Å². The summed E-state index contributed by atoms with van der Waals surface area (Å²) in [6.45, 7) is 3.28. The average Bonchev–Trinajstić information content (AvgIpc) is 1.87. The number of rotatable bonds is 3. The molecule has 3 heteroatoms. The van der Waals surface area contributed by atoms with E-state index in [9.17, 15) is 4.79 Å². The quantitative estimate of drug-likeness (QED) is 0.603. The fourth-order valence-corrected chi connectivity index (χ4v) is 0.456. The molecule has 0 aliphatic carbocycles. The summed E-state index contributed by atoms with van der Waals surface area (Å²) in [5.74, 6) is -0.254. The van der Waals surface area contributed by atoms with Crippen LogP contribution in [0.25, 0.3) is 0 Å². The van der Waals surface area contributed by atoms with Gasteiger partial charge >= 0.3 is 0 Å². The lowest BCUT2D eigenvalue weighted by Crippen LogP contribution is -2.16. The van der Waals surface area contributed by atoms with Crippen molar-refractivity contribution in [3.8, 4) is 0 Å². The summed E-state index contributed by atoms with van der Waals surface area (Å²) in [6.07, 6.45) is 0.537. The Kier molecular flexibility index (Phi) is 3.82. The molecule has 0 spiro atoms. The van der Waals surface area contributed by atoms with Crippen LogP contribution >= 0.6 is 0 Å². The summed E-state index contributed by atoms with van der Waals surface area (Å²) in [4.78, 5) is 12.7. The number of nitrogens with zero attached hydrogens (tertiary/aromatic N) is 1. The van der Waals surface area contributed by atoms with Crippen LogP contribution in [-0.4, -0.2) is 36.0 Å². The van der Waals surface area contributed by atoms with Crippen LogP contribution < -0.4 is 0 Å². The van der Waals surface area contributed by atoms with E-state index in [1.54, 1.807) is 0 Å². The van der Waals surface area contributed by atoms with Gasteiger partial charge in [0.2, 0.25) is 0 Å². The maximum Gasteiger partial charge on any atom is 0.185 e. The van der Waals surface area contributed by atoms with Gasteiger partial charge in [0, 0.05) is 25.9 Å². The van der Waals surface area contributed by atoms with E-state index in [2.05, 4.69) is 0 Å². The Morgan fingerprint density at radius 3 is 2.27 bits per heavy atom. The second kappa shape index (κ2) is 4.13. The second-order valence-electron chi connectivity index (χ2n) is 2.76. The molecule has 0 aromatic heterocycles. The predicted molar refractivity (Wildman–Crippen MR) is 44.1 cm³/mol. The number of ketones is 1. The molecule has 0 saturated heterocycles. The van der Waals surface area contributed by atoms with Crippen LogP contribution in [-0.2, 0) is 4.79 Å². The Hall–Kier alpha value is -0.830. The molecule has 0 aromatic rings. The number of hydrogen-bond donors (Lipinski definition) is 1. The van der Waals surface area contributed by atoms with Gasteiger partial charge in [-0.15, -0.1) is 0 Å². The Morgan fingerprint density at radius 2 is 2.00 bits per heavy atom. The minimum absolute atomic E-state index is 0.254. The molecule has 0 heterocycles. The number of carbonyl (C=O) groups is 1. The summed E-state index contributed by atoms with van der Waals surface area (Å²) in [6, 6.07) is 0. The summed E-state index contributed by atoms with van der Waals surface area (Å²) in [5.41, 5.74) is 0.843. The minimum atomic E-state index is -0.898. The third-order valence-corrected chi connectivity index (χ3v) is 1.47. The number of aliphatic hydroxyl groups excluding tert-OH is 1. The summed E-state index contributed by atoms with van der Waals surface area (Å²) < 4.78 is 0. The van der Waals surface area contributed by atoms with Crippen molar-refractivity contribution in [1.29, 1.82) is 0 Å². The van der Waals surface area contributed by atoms with Gasteiger partial charge in [0.25, 0.3) is 0 Å². The van der Waals surface area contributed by atoms with Gasteiger partial charge < -0.3 is 10.0 Å². The van der Waals surface area contributed by atoms with Crippen molar-refractivity contribution in [2.45, 2.75) is 20.0 Å². The molecule has 0 radical (unpaired) electrons. The maximum atomic E-state index is 10.9. The van der Waals surface area contributed by atoms with E-state index in [4.69, 9.17) is 5.11 Å². The zero-order valence-corrected chi connectivity index (χ0v) is 7.46. The monoisotopic (exact) mass is 157 g/mol. The Balaban J connectivity index is 4.20. The molecule has 0 fully saturated rings. The molecular weight excluding hydrogens is 142 g/mol. The highest BCUT2D eigenvalue weighted by Gasteiger charge is 2.05. The third-order valence-electron chi connectivity index (χ3n) is 1.47. The highest BCUT2D eigenvalue weighted by atomic mass is 16.3. The molecule has 3 nitrogen and oxygen atoms in total. The first kappa shape index (κ1) is 10.2. The van der Waals surface area contributed by atoms with Crippen LogP contribution in [0.4, 0.5) is 0 Å². The van der Waals surface area contributed by atoms with E-state index >= 15 is 0 Å². The van der Waals surface area contributed by atoms with Gasteiger partial charge in [-0.05, 0) is 13.8 Å². The zero-order valence-electron chi connectivity index (χ0n) is 7.46. The Bertz CT molecular complexity index is 171. The van der Waals surface area contributed by atoms with Crippen LogP contribution in [0.5, 0.6) is 0 Å². The summed E-state index contributed by atoms with van der Waals surface area (Å²) in [7, 11) is 3.70. The fourth-order valence-electron chi connectivity index (χ4n) is 0.456. The lowest BCUT2D eigenvalue weighted by atomic mass is 10.2. The van der Waals surface area contributed by atoms with Gasteiger partial charge in [0.15, 0.2) is 5.78 Å². The van der Waals surface area contributed by atoms with Gasteiger partial charge in [-0.1, -0.05) is 0 Å². The van der Waals surface area contributed by atoms with Crippen LogP contribution in [0, 0.1) is 0 Å². The minimum Gasteiger partial charge on any atom is -0.385 e. The van der Waals surface area contributed by atoms with Gasteiger partial charge in [-0.25, -0.2) is 0 Å². The number of carbonyl (C=O) groups excluding carboxylic acids is 1. The standard InChI is InChI=1S/C8H15NO2/c1-6(9(3)4)5-8(11)7(2)10/h5,7,10H,1-4H3/b6-5+. The molecule has 0 saturated carbocycles. The highest BCUT2D eigenvalue weighted by molar-refractivity contribution is 5.93. The molecule has 0 bridgehead atoms. The lowest BCUT2D eigenvalue weighted by molar-refractivity contribution is -0.121. The first-order valence-corrected chi connectivity index (χ1v) is 3.52. The Labute approximate surface area is 67.3 Å². The molecule has 0 aliphatic rings. The molecule has 1 unspecified atom stereocenters. The van der Waals surface area contributed by atoms with E-state index in [1.807, 2.05) is 25.9 Å². The summed E-state index contributed by atoms with van der Waals surface area (Å²) >= 11 is 0. The smallest absolute Gasteiger partial charge is 0.185 e. The summed E-state index contributed by atoms with van der Waals surface area (Å²) in [5, 5.41) is 8.84. The number of hydrogen-bond acceptors (Lipinski definition) is 3. The van der Waals surface area contributed by atoms with Crippen molar-refractivity contribution < 1.29 is 9.90 Å². The van der Waals surface area contributed by atoms with Crippen LogP contribution in [0.3, 0.4) is 0 Å². The molecular formula is C8H15NO2. The topological polar surface area (TPSA) is 40.5 Å².